The molecule has 1 aliphatic heterocycles. The Morgan fingerprint density at radius 2 is 2.29 bits per heavy atom. The molecule has 0 unspecified atom stereocenters. The number of aryl methyl sites for hydroxylation is 1. The van der Waals surface area contributed by atoms with Crippen LogP contribution in [0.15, 0.2) is 12.1 Å². The Morgan fingerprint density at radius 1 is 1.53 bits per heavy atom. The van der Waals surface area contributed by atoms with Crippen LogP contribution in [0.25, 0.3) is 0 Å². The summed E-state index contributed by atoms with van der Waals surface area (Å²) in [5.74, 6) is -1.23. The molecule has 1 saturated heterocycles. The molecule has 2 rings (SSSR count). The van der Waals surface area contributed by atoms with Gasteiger partial charge in [0.1, 0.15) is 0 Å². The van der Waals surface area contributed by atoms with E-state index in [1.807, 2.05) is 12.1 Å². The van der Waals surface area contributed by atoms with Gasteiger partial charge in [-0.05, 0) is 25.0 Å². The minimum absolute atomic E-state index is 0.0292. The summed E-state index contributed by atoms with van der Waals surface area (Å²) in [6, 6.07) is 3.79. The summed E-state index contributed by atoms with van der Waals surface area (Å²) < 4.78 is 0. The molecule has 0 bridgehead atoms. The third-order valence-electron chi connectivity index (χ3n) is 3.05. The first-order valence-electron chi connectivity index (χ1n) is 5.72. The molecule has 0 aliphatic carbocycles. The molecule has 2 heterocycles. The van der Waals surface area contributed by atoms with Gasteiger partial charge in [-0.3, -0.25) is 9.59 Å². The summed E-state index contributed by atoms with van der Waals surface area (Å²) >= 11 is 1.50. The molecule has 1 amide bonds. The van der Waals surface area contributed by atoms with Crippen LogP contribution in [0.3, 0.4) is 0 Å². The van der Waals surface area contributed by atoms with E-state index < -0.39 is 11.9 Å². The second-order valence-electron chi connectivity index (χ2n) is 4.19. The highest BCUT2D eigenvalue weighted by molar-refractivity contribution is 7.14. The van der Waals surface area contributed by atoms with E-state index in [4.69, 9.17) is 5.11 Å². The van der Waals surface area contributed by atoms with Gasteiger partial charge in [0.15, 0.2) is 0 Å². The normalized spacial score (nSPS) is 19.6. The Morgan fingerprint density at radius 3 is 2.82 bits per heavy atom. The van der Waals surface area contributed by atoms with E-state index in [0.717, 1.165) is 6.42 Å². The van der Waals surface area contributed by atoms with Crippen molar-refractivity contribution in [2.45, 2.75) is 19.8 Å². The lowest BCUT2D eigenvalue weighted by molar-refractivity contribution is -0.141. The number of rotatable bonds is 3. The lowest BCUT2D eigenvalue weighted by Crippen LogP contribution is -2.29. The molecule has 1 atom stereocenters. The van der Waals surface area contributed by atoms with Crippen LogP contribution < -0.4 is 0 Å². The van der Waals surface area contributed by atoms with Crippen LogP contribution in [0, 0.1) is 5.92 Å². The first-order chi connectivity index (χ1) is 8.11. The molecule has 0 spiro atoms. The number of aliphatic carboxylic acids is 1. The molecule has 0 aromatic carbocycles. The summed E-state index contributed by atoms with van der Waals surface area (Å²) in [5, 5.41) is 8.89. The minimum atomic E-state index is -0.805. The predicted octanol–water partition coefficient (Wildman–Crippen LogP) is 1.86. The zero-order chi connectivity index (χ0) is 12.4. The van der Waals surface area contributed by atoms with E-state index in [-0.39, 0.29) is 5.91 Å². The van der Waals surface area contributed by atoms with E-state index in [1.165, 1.54) is 16.2 Å². The van der Waals surface area contributed by atoms with Crippen molar-refractivity contribution in [3.05, 3.63) is 21.9 Å². The molecular formula is C12H15NO3S. The minimum Gasteiger partial charge on any atom is -0.481 e. The fourth-order valence-electron chi connectivity index (χ4n) is 1.99. The van der Waals surface area contributed by atoms with Gasteiger partial charge in [-0.15, -0.1) is 11.3 Å². The summed E-state index contributed by atoms with van der Waals surface area (Å²) in [5.41, 5.74) is 0. The number of likely N-dealkylation sites (tertiary alicyclic amines) is 1. The quantitative estimate of drug-likeness (QED) is 0.894. The molecule has 17 heavy (non-hydrogen) atoms. The SMILES string of the molecule is CCc1ccc(C(=O)N2CC[C@@H](C(=O)O)C2)s1. The van der Waals surface area contributed by atoms with Gasteiger partial charge in [-0.2, -0.15) is 0 Å². The van der Waals surface area contributed by atoms with Crippen molar-refractivity contribution in [3.63, 3.8) is 0 Å². The number of amides is 1. The van der Waals surface area contributed by atoms with Crippen LogP contribution in [0.5, 0.6) is 0 Å². The van der Waals surface area contributed by atoms with E-state index in [2.05, 4.69) is 6.92 Å². The summed E-state index contributed by atoms with van der Waals surface area (Å²) in [7, 11) is 0. The van der Waals surface area contributed by atoms with Crippen molar-refractivity contribution in [3.8, 4) is 0 Å². The maximum atomic E-state index is 12.1. The molecule has 4 nitrogen and oxygen atoms in total. The molecule has 1 aromatic heterocycles. The summed E-state index contributed by atoms with van der Waals surface area (Å²) in [6.07, 6.45) is 1.49. The molecular weight excluding hydrogens is 238 g/mol. The van der Waals surface area contributed by atoms with E-state index in [1.54, 1.807) is 4.90 Å². The predicted molar refractivity (Wildman–Crippen MR) is 65.3 cm³/mol. The maximum absolute atomic E-state index is 12.1. The standard InChI is InChI=1S/C12H15NO3S/c1-2-9-3-4-10(17-9)11(14)13-6-5-8(7-13)12(15)16/h3-4,8H,2,5-7H2,1H3,(H,15,16)/t8-/m1/s1. The Balaban J connectivity index is 2.04. The van der Waals surface area contributed by atoms with Crippen molar-refractivity contribution >= 4 is 23.2 Å². The zero-order valence-corrected chi connectivity index (χ0v) is 10.5. The van der Waals surface area contributed by atoms with Gasteiger partial charge in [0.2, 0.25) is 0 Å². The van der Waals surface area contributed by atoms with E-state index in [0.29, 0.717) is 24.4 Å². The van der Waals surface area contributed by atoms with Crippen LogP contribution in [0.4, 0.5) is 0 Å². The molecule has 5 heteroatoms. The molecule has 1 aromatic rings. The fraction of sp³-hybridized carbons (Fsp3) is 0.500. The van der Waals surface area contributed by atoms with Crippen LogP contribution in [-0.2, 0) is 11.2 Å². The van der Waals surface area contributed by atoms with E-state index in [9.17, 15) is 9.59 Å². The lowest BCUT2D eigenvalue weighted by Gasteiger charge is -2.14. The molecule has 0 radical (unpaired) electrons. The second-order valence-corrected chi connectivity index (χ2v) is 5.36. The largest absolute Gasteiger partial charge is 0.481 e. The monoisotopic (exact) mass is 253 g/mol. The molecule has 92 valence electrons. The van der Waals surface area contributed by atoms with Crippen LogP contribution in [-0.4, -0.2) is 35.0 Å². The van der Waals surface area contributed by atoms with Crippen molar-refractivity contribution in [1.29, 1.82) is 0 Å². The van der Waals surface area contributed by atoms with Crippen molar-refractivity contribution in [1.82, 2.24) is 4.90 Å². The number of carbonyl (C=O) groups is 2. The van der Waals surface area contributed by atoms with Gasteiger partial charge in [0.25, 0.3) is 5.91 Å². The number of hydrogen-bond acceptors (Lipinski definition) is 3. The van der Waals surface area contributed by atoms with Crippen molar-refractivity contribution in [2.75, 3.05) is 13.1 Å². The molecule has 0 saturated carbocycles. The average Bonchev–Trinajstić information content (AvgIpc) is 2.97. The first-order valence-corrected chi connectivity index (χ1v) is 6.54. The van der Waals surface area contributed by atoms with Crippen LogP contribution in [0.2, 0.25) is 0 Å². The highest BCUT2D eigenvalue weighted by Crippen LogP contribution is 2.23. The summed E-state index contributed by atoms with van der Waals surface area (Å²) in [4.78, 5) is 26.5. The van der Waals surface area contributed by atoms with E-state index >= 15 is 0 Å². The van der Waals surface area contributed by atoms with Crippen LogP contribution in [0.1, 0.15) is 27.9 Å². The molecule has 1 N–H and O–H groups in total. The maximum Gasteiger partial charge on any atom is 0.308 e. The average molecular weight is 253 g/mol. The molecule has 1 fully saturated rings. The smallest absolute Gasteiger partial charge is 0.308 e. The lowest BCUT2D eigenvalue weighted by atomic mass is 10.1. The Labute approximate surface area is 104 Å². The summed E-state index contributed by atoms with van der Waals surface area (Å²) in [6.45, 7) is 2.94. The number of nitrogens with zero attached hydrogens (tertiary/aromatic N) is 1. The van der Waals surface area contributed by atoms with Gasteiger partial charge in [-0.25, -0.2) is 0 Å². The number of carbonyl (C=O) groups excluding carboxylic acids is 1. The second kappa shape index (κ2) is 4.87. The fourth-order valence-corrected chi connectivity index (χ4v) is 2.90. The number of hydrogen-bond donors (Lipinski definition) is 1. The number of carboxylic acids is 1. The molecule has 1 aliphatic rings. The number of carboxylic acid groups (broad SMARTS) is 1. The Kier molecular flexibility index (Phi) is 3.47. The van der Waals surface area contributed by atoms with Crippen molar-refractivity contribution in [2.24, 2.45) is 5.92 Å². The van der Waals surface area contributed by atoms with Crippen LogP contribution >= 0.6 is 11.3 Å². The highest BCUT2D eigenvalue weighted by Gasteiger charge is 2.31. The Bertz CT molecular complexity index is 441. The highest BCUT2D eigenvalue weighted by atomic mass is 32.1. The van der Waals surface area contributed by atoms with Gasteiger partial charge in [0.05, 0.1) is 10.8 Å². The van der Waals surface area contributed by atoms with Crippen molar-refractivity contribution < 1.29 is 14.7 Å². The Hall–Kier alpha value is -1.36. The first kappa shape index (κ1) is 12.1. The zero-order valence-electron chi connectivity index (χ0n) is 9.68. The third-order valence-corrected chi connectivity index (χ3v) is 4.26. The van der Waals surface area contributed by atoms with Gasteiger partial charge >= 0.3 is 5.97 Å². The topological polar surface area (TPSA) is 57.6 Å². The third kappa shape index (κ3) is 2.49. The van der Waals surface area contributed by atoms with Gasteiger partial charge < -0.3 is 10.0 Å². The number of thiophene rings is 1. The van der Waals surface area contributed by atoms with Gasteiger partial charge in [0, 0.05) is 18.0 Å². The van der Waals surface area contributed by atoms with Gasteiger partial charge in [-0.1, -0.05) is 6.92 Å².